The van der Waals surface area contributed by atoms with Crippen molar-refractivity contribution in [2.24, 2.45) is 5.92 Å². The molecule has 0 fully saturated rings. The Morgan fingerprint density at radius 3 is 2.83 bits per heavy atom. The van der Waals surface area contributed by atoms with E-state index in [0.717, 1.165) is 17.1 Å². The topological polar surface area (TPSA) is 59.8 Å². The van der Waals surface area contributed by atoms with E-state index in [9.17, 15) is 4.79 Å². The average Bonchev–Trinajstić information content (AvgIpc) is 2.72. The molecule has 0 aliphatic rings. The van der Waals surface area contributed by atoms with Crippen LogP contribution in [0.25, 0.3) is 11.3 Å². The highest BCUT2D eigenvalue weighted by molar-refractivity contribution is 5.85. The van der Waals surface area contributed by atoms with Crippen LogP contribution in [0.5, 0.6) is 0 Å². The number of pyridine rings is 1. The molecule has 0 aliphatic carbocycles. The first-order chi connectivity index (χ1) is 8.58. The van der Waals surface area contributed by atoms with E-state index in [-0.39, 0.29) is 11.8 Å². The summed E-state index contributed by atoms with van der Waals surface area (Å²) in [5.74, 6) is 0.643. The molecule has 18 heavy (non-hydrogen) atoms. The van der Waals surface area contributed by atoms with Crippen molar-refractivity contribution in [1.29, 1.82) is 0 Å². The number of aryl methyl sites for hydroxylation is 1. The zero-order valence-electron chi connectivity index (χ0n) is 10.7. The van der Waals surface area contributed by atoms with Gasteiger partial charge in [0.1, 0.15) is 5.82 Å². The Bertz CT molecular complexity index is 545. The molecule has 0 aliphatic heterocycles. The van der Waals surface area contributed by atoms with Crippen LogP contribution in [0.2, 0.25) is 0 Å². The molecule has 2 heterocycles. The molecule has 0 atom stereocenters. The van der Waals surface area contributed by atoms with E-state index in [1.807, 2.05) is 32.9 Å². The fraction of sp³-hybridized carbons (Fsp3) is 0.308. The monoisotopic (exact) mass is 244 g/mol. The zero-order valence-corrected chi connectivity index (χ0v) is 10.7. The van der Waals surface area contributed by atoms with E-state index in [1.54, 1.807) is 23.3 Å². The molecule has 5 nitrogen and oxygen atoms in total. The van der Waals surface area contributed by atoms with E-state index >= 15 is 0 Å². The van der Waals surface area contributed by atoms with Crippen molar-refractivity contribution in [2.45, 2.75) is 20.8 Å². The molecular formula is C13H16N4O. The van der Waals surface area contributed by atoms with Crippen molar-refractivity contribution < 1.29 is 4.79 Å². The van der Waals surface area contributed by atoms with Gasteiger partial charge in [-0.1, -0.05) is 13.8 Å². The van der Waals surface area contributed by atoms with E-state index in [4.69, 9.17) is 0 Å². The Kier molecular flexibility index (Phi) is 3.41. The summed E-state index contributed by atoms with van der Waals surface area (Å²) in [5.41, 5.74) is 4.52. The lowest BCUT2D eigenvalue weighted by Crippen LogP contribution is -2.26. The maximum absolute atomic E-state index is 11.6. The second-order valence-electron chi connectivity index (χ2n) is 4.42. The number of aromatic nitrogens is 3. The molecule has 1 amide bonds. The summed E-state index contributed by atoms with van der Waals surface area (Å²) in [6, 6.07) is 3.79. The number of carbonyl (C=O) groups is 1. The van der Waals surface area contributed by atoms with Crippen molar-refractivity contribution in [3.8, 4) is 11.3 Å². The van der Waals surface area contributed by atoms with E-state index in [1.165, 1.54) is 0 Å². The van der Waals surface area contributed by atoms with Gasteiger partial charge in [-0.15, -0.1) is 0 Å². The molecule has 0 radical (unpaired) electrons. The lowest BCUT2D eigenvalue weighted by atomic mass is 10.2. The number of carbonyl (C=O) groups excluding carboxylic acids is 1. The van der Waals surface area contributed by atoms with Crippen LogP contribution in [-0.2, 0) is 4.79 Å². The van der Waals surface area contributed by atoms with Gasteiger partial charge in [-0.25, -0.2) is 9.66 Å². The zero-order chi connectivity index (χ0) is 13.1. The Balaban J connectivity index is 2.25. The fourth-order valence-corrected chi connectivity index (χ4v) is 1.49. The number of hydrogen-bond acceptors (Lipinski definition) is 3. The highest BCUT2D eigenvalue weighted by Crippen LogP contribution is 2.16. The minimum atomic E-state index is -0.0614. The van der Waals surface area contributed by atoms with Gasteiger partial charge in [0.2, 0.25) is 5.91 Å². The molecule has 0 aromatic carbocycles. The minimum Gasteiger partial charge on any atom is -0.273 e. The van der Waals surface area contributed by atoms with Crippen LogP contribution in [0, 0.1) is 12.8 Å². The number of rotatable bonds is 3. The molecule has 2 rings (SSSR count). The maximum atomic E-state index is 11.6. The Morgan fingerprint density at radius 2 is 2.22 bits per heavy atom. The third kappa shape index (κ3) is 2.56. The lowest BCUT2D eigenvalue weighted by molar-refractivity contribution is -0.119. The molecule has 0 unspecified atom stereocenters. The molecule has 0 saturated heterocycles. The molecule has 0 bridgehead atoms. The molecule has 2 aromatic heterocycles. The summed E-state index contributed by atoms with van der Waals surface area (Å²) >= 11 is 0. The Labute approximate surface area is 106 Å². The summed E-state index contributed by atoms with van der Waals surface area (Å²) in [7, 11) is 0. The van der Waals surface area contributed by atoms with Gasteiger partial charge >= 0.3 is 0 Å². The van der Waals surface area contributed by atoms with Gasteiger partial charge in [0.05, 0.1) is 11.9 Å². The largest absolute Gasteiger partial charge is 0.273 e. The molecule has 1 N–H and O–H groups in total. The van der Waals surface area contributed by atoms with Crippen molar-refractivity contribution in [3.63, 3.8) is 0 Å². The Hall–Kier alpha value is -2.17. The van der Waals surface area contributed by atoms with Gasteiger partial charge in [0.25, 0.3) is 0 Å². The normalized spacial score (nSPS) is 10.7. The SMILES string of the molecule is Cc1nc(-c2cccnc2)cn1NC(=O)C(C)C. The van der Waals surface area contributed by atoms with Crippen LogP contribution in [0.15, 0.2) is 30.7 Å². The quantitative estimate of drug-likeness (QED) is 0.898. The molecule has 2 aromatic rings. The van der Waals surface area contributed by atoms with Gasteiger partial charge < -0.3 is 0 Å². The summed E-state index contributed by atoms with van der Waals surface area (Å²) in [6.45, 7) is 5.55. The van der Waals surface area contributed by atoms with Gasteiger partial charge in [-0.05, 0) is 19.1 Å². The lowest BCUT2D eigenvalue weighted by Gasteiger charge is -2.09. The van der Waals surface area contributed by atoms with E-state index in [2.05, 4.69) is 15.4 Å². The van der Waals surface area contributed by atoms with Crippen molar-refractivity contribution in [3.05, 3.63) is 36.5 Å². The van der Waals surface area contributed by atoms with Crippen molar-refractivity contribution >= 4 is 5.91 Å². The first kappa shape index (κ1) is 12.3. The number of nitrogens with zero attached hydrogens (tertiary/aromatic N) is 3. The number of hydrogen-bond donors (Lipinski definition) is 1. The molecule has 0 saturated carbocycles. The van der Waals surface area contributed by atoms with Gasteiger partial charge in [-0.3, -0.25) is 15.2 Å². The second-order valence-corrected chi connectivity index (χ2v) is 4.42. The van der Waals surface area contributed by atoms with E-state index < -0.39 is 0 Å². The second kappa shape index (κ2) is 5.00. The van der Waals surface area contributed by atoms with Gasteiger partial charge in [0.15, 0.2) is 0 Å². The van der Waals surface area contributed by atoms with Crippen molar-refractivity contribution in [2.75, 3.05) is 5.43 Å². The van der Waals surface area contributed by atoms with Crippen molar-refractivity contribution in [1.82, 2.24) is 14.6 Å². The summed E-state index contributed by atoms with van der Waals surface area (Å²) in [5, 5.41) is 0. The number of imidazole rings is 1. The van der Waals surface area contributed by atoms with Crippen LogP contribution in [0.3, 0.4) is 0 Å². The summed E-state index contributed by atoms with van der Waals surface area (Å²) in [4.78, 5) is 20.1. The van der Waals surface area contributed by atoms with E-state index in [0.29, 0.717) is 0 Å². The molecule has 94 valence electrons. The molecular weight excluding hydrogens is 228 g/mol. The van der Waals surface area contributed by atoms with Crippen LogP contribution in [-0.4, -0.2) is 20.6 Å². The van der Waals surface area contributed by atoms with Crippen LogP contribution in [0.1, 0.15) is 19.7 Å². The van der Waals surface area contributed by atoms with Gasteiger partial charge in [-0.2, -0.15) is 0 Å². The highest BCUT2D eigenvalue weighted by atomic mass is 16.2. The first-order valence-corrected chi connectivity index (χ1v) is 5.85. The van der Waals surface area contributed by atoms with Gasteiger partial charge in [0, 0.05) is 23.9 Å². The van der Waals surface area contributed by atoms with Crippen LogP contribution in [0.4, 0.5) is 0 Å². The predicted molar refractivity (Wildman–Crippen MR) is 69.4 cm³/mol. The number of amides is 1. The molecule has 5 heteroatoms. The fourth-order valence-electron chi connectivity index (χ4n) is 1.49. The minimum absolute atomic E-state index is 0.0340. The number of nitrogens with one attached hydrogen (secondary N) is 1. The third-order valence-corrected chi connectivity index (χ3v) is 2.59. The molecule has 0 spiro atoms. The summed E-state index contributed by atoms with van der Waals surface area (Å²) < 4.78 is 1.64. The summed E-state index contributed by atoms with van der Waals surface area (Å²) in [6.07, 6.45) is 5.26. The standard InChI is InChI=1S/C13H16N4O/c1-9(2)13(18)16-17-8-12(15-10(17)3)11-5-4-6-14-7-11/h4-9H,1-3H3,(H,16,18). The van der Waals surface area contributed by atoms with Crippen LogP contribution < -0.4 is 5.43 Å². The smallest absolute Gasteiger partial charge is 0.241 e. The Morgan fingerprint density at radius 1 is 1.44 bits per heavy atom. The maximum Gasteiger partial charge on any atom is 0.241 e. The third-order valence-electron chi connectivity index (χ3n) is 2.59. The van der Waals surface area contributed by atoms with Crippen LogP contribution >= 0.6 is 0 Å². The first-order valence-electron chi connectivity index (χ1n) is 5.85. The highest BCUT2D eigenvalue weighted by Gasteiger charge is 2.11. The average molecular weight is 244 g/mol. The predicted octanol–water partition coefficient (Wildman–Crippen LogP) is 1.98.